The van der Waals surface area contributed by atoms with Crippen LogP contribution in [0.4, 0.5) is 0 Å². The second-order valence-corrected chi connectivity index (χ2v) is 3.00. The van der Waals surface area contributed by atoms with Gasteiger partial charge in [0.15, 0.2) is 0 Å². The minimum absolute atomic E-state index is 0.258. The molecule has 0 bridgehead atoms. The Morgan fingerprint density at radius 2 is 2.55 bits per heavy atom. The Morgan fingerprint density at radius 3 is 3.09 bits per heavy atom. The molecular weight excluding hydrogens is 178 g/mol. The van der Waals surface area contributed by atoms with Gasteiger partial charge in [-0.2, -0.15) is 0 Å². The molecule has 1 aromatic rings. The SMILES string of the molecule is S=C(S)OCc1cccnc1. The summed E-state index contributed by atoms with van der Waals surface area (Å²) in [4.78, 5) is 3.91. The highest BCUT2D eigenvalue weighted by atomic mass is 32.1. The molecule has 0 aromatic carbocycles. The summed E-state index contributed by atoms with van der Waals surface area (Å²) in [5.41, 5.74) is 0.990. The van der Waals surface area contributed by atoms with Crippen molar-refractivity contribution in [1.29, 1.82) is 0 Å². The molecule has 0 fully saturated rings. The summed E-state index contributed by atoms with van der Waals surface area (Å²) in [6.45, 7) is 0.441. The van der Waals surface area contributed by atoms with Crippen LogP contribution in [0, 0.1) is 0 Å². The summed E-state index contributed by atoms with van der Waals surface area (Å²) in [7, 11) is 0. The molecule has 0 amide bonds. The lowest BCUT2D eigenvalue weighted by atomic mass is 10.3. The van der Waals surface area contributed by atoms with Crippen molar-refractivity contribution in [3.8, 4) is 0 Å². The van der Waals surface area contributed by atoms with E-state index in [-0.39, 0.29) is 4.38 Å². The first-order chi connectivity index (χ1) is 5.29. The van der Waals surface area contributed by atoms with Gasteiger partial charge in [0.1, 0.15) is 6.61 Å². The molecular formula is C7H7NOS2. The Bertz CT molecular complexity index is 237. The third-order valence-electron chi connectivity index (χ3n) is 1.09. The van der Waals surface area contributed by atoms with Crippen LogP contribution < -0.4 is 0 Å². The van der Waals surface area contributed by atoms with Crippen molar-refractivity contribution >= 4 is 29.2 Å². The zero-order valence-corrected chi connectivity index (χ0v) is 7.44. The molecule has 0 saturated carbocycles. The normalized spacial score (nSPS) is 9.18. The number of nitrogens with zero attached hydrogens (tertiary/aromatic N) is 1. The third-order valence-corrected chi connectivity index (χ3v) is 1.33. The largest absolute Gasteiger partial charge is 0.474 e. The number of hydrogen-bond donors (Lipinski definition) is 1. The molecule has 0 atom stereocenters. The second kappa shape index (κ2) is 4.31. The highest BCUT2D eigenvalue weighted by molar-refractivity contribution is 8.10. The molecule has 11 heavy (non-hydrogen) atoms. The average molecular weight is 185 g/mol. The van der Waals surface area contributed by atoms with Crippen LogP contribution in [-0.4, -0.2) is 9.37 Å². The number of thiocarbonyl (C=S) groups is 1. The van der Waals surface area contributed by atoms with Crippen molar-refractivity contribution in [2.24, 2.45) is 0 Å². The third kappa shape index (κ3) is 3.34. The Balaban J connectivity index is 2.45. The van der Waals surface area contributed by atoms with Gasteiger partial charge in [0.05, 0.1) is 0 Å². The van der Waals surface area contributed by atoms with Crippen LogP contribution in [0.1, 0.15) is 5.56 Å². The highest BCUT2D eigenvalue weighted by Gasteiger charge is 1.92. The smallest absolute Gasteiger partial charge is 0.217 e. The Morgan fingerprint density at radius 1 is 1.73 bits per heavy atom. The number of thiol groups is 1. The standard InChI is InChI=1S/C7H7NOS2/c10-7(11)9-5-6-2-1-3-8-4-6/h1-4H,5H2,(H,10,11). The zero-order valence-electron chi connectivity index (χ0n) is 5.73. The van der Waals surface area contributed by atoms with E-state index in [1.165, 1.54) is 0 Å². The van der Waals surface area contributed by atoms with E-state index in [0.29, 0.717) is 6.61 Å². The van der Waals surface area contributed by atoms with Crippen molar-refractivity contribution in [3.63, 3.8) is 0 Å². The molecule has 2 nitrogen and oxygen atoms in total. The number of ether oxygens (including phenoxy) is 1. The average Bonchev–Trinajstić information content (AvgIpc) is 2.03. The van der Waals surface area contributed by atoms with Crippen molar-refractivity contribution < 1.29 is 4.74 Å². The van der Waals surface area contributed by atoms with Gasteiger partial charge in [0, 0.05) is 18.0 Å². The first kappa shape index (κ1) is 8.49. The quantitative estimate of drug-likeness (QED) is 0.561. The van der Waals surface area contributed by atoms with Gasteiger partial charge >= 0.3 is 0 Å². The molecule has 0 unspecified atom stereocenters. The lowest BCUT2D eigenvalue weighted by molar-refractivity contribution is 0.310. The highest BCUT2D eigenvalue weighted by Crippen LogP contribution is 1.99. The van der Waals surface area contributed by atoms with Crippen LogP contribution in [0.5, 0.6) is 0 Å². The van der Waals surface area contributed by atoms with Crippen LogP contribution in [0.25, 0.3) is 0 Å². The van der Waals surface area contributed by atoms with Gasteiger partial charge in [-0.05, 0) is 18.3 Å². The zero-order chi connectivity index (χ0) is 8.10. The van der Waals surface area contributed by atoms with Crippen LogP contribution in [0.3, 0.4) is 0 Å². The lowest BCUT2D eigenvalue weighted by Crippen LogP contribution is -1.94. The van der Waals surface area contributed by atoms with E-state index in [1.54, 1.807) is 12.4 Å². The maximum Gasteiger partial charge on any atom is 0.217 e. The van der Waals surface area contributed by atoms with Crippen molar-refractivity contribution in [2.75, 3.05) is 0 Å². The number of rotatable bonds is 2. The van der Waals surface area contributed by atoms with Crippen molar-refractivity contribution in [3.05, 3.63) is 30.1 Å². The number of hydrogen-bond acceptors (Lipinski definition) is 3. The molecule has 1 rings (SSSR count). The molecule has 0 saturated heterocycles. The lowest BCUT2D eigenvalue weighted by Gasteiger charge is -2.00. The summed E-state index contributed by atoms with van der Waals surface area (Å²) in [6, 6.07) is 3.76. The molecule has 1 heterocycles. The van der Waals surface area contributed by atoms with Gasteiger partial charge in [-0.25, -0.2) is 0 Å². The summed E-state index contributed by atoms with van der Waals surface area (Å²) >= 11 is 8.43. The fraction of sp³-hybridized carbons (Fsp3) is 0.143. The summed E-state index contributed by atoms with van der Waals surface area (Å²) < 4.78 is 5.24. The molecule has 0 N–H and O–H groups in total. The molecule has 0 aliphatic heterocycles. The Labute approximate surface area is 76.0 Å². The Kier molecular flexibility index (Phi) is 3.32. The summed E-state index contributed by atoms with van der Waals surface area (Å²) in [6.07, 6.45) is 3.44. The van der Waals surface area contributed by atoms with Crippen LogP contribution >= 0.6 is 24.8 Å². The summed E-state index contributed by atoms with van der Waals surface area (Å²) in [5, 5.41) is 0. The minimum atomic E-state index is 0.258. The van der Waals surface area contributed by atoms with E-state index in [2.05, 4.69) is 29.8 Å². The van der Waals surface area contributed by atoms with E-state index in [4.69, 9.17) is 4.74 Å². The first-order valence-electron chi connectivity index (χ1n) is 3.03. The second-order valence-electron chi connectivity index (χ2n) is 1.92. The predicted molar refractivity (Wildman–Crippen MR) is 50.6 cm³/mol. The van der Waals surface area contributed by atoms with Gasteiger partial charge in [-0.1, -0.05) is 18.7 Å². The van der Waals surface area contributed by atoms with Crippen molar-refractivity contribution in [1.82, 2.24) is 4.98 Å². The minimum Gasteiger partial charge on any atom is -0.474 e. The summed E-state index contributed by atoms with van der Waals surface area (Å²) in [5.74, 6) is 0. The van der Waals surface area contributed by atoms with E-state index in [0.717, 1.165) is 5.56 Å². The van der Waals surface area contributed by atoms with E-state index < -0.39 is 0 Å². The van der Waals surface area contributed by atoms with Gasteiger partial charge < -0.3 is 4.74 Å². The number of pyridine rings is 1. The molecule has 1 aromatic heterocycles. The predicted octanol–water partition coefficient (Wildman–Crippen LogP) is 1.81. The first-order valence-corrected chi connectivity index (χ1v) is 3.89. The Hall–Kier alpha value is -0.610. The van der Waals surface area contributed by atoms with E-state index in [1.807, 2.05) is 12.1 Å². The van der Waals surface area contributed by atoms with Gasteiger partial charge in [-0.3, -0.25) is 4.98 Å². The molecule has 4 heteroatoms. The monoisotopic (exact) mass is 185 g/mol. The van der Waals surface area contributed by atoms with Gasteiger partial charge in [0.25, 0.3) is 0 Å². The van der Waals surface area contributed by atoms with Crippen LogP contribution in [0.15, 0.2) is 24.5 Å². The molecule has 0 aliphatic carbocycles. The maximum atomic E-state index is 4.98. The molecule has 0 aliphatic rings. The topological polar surface area (TPSA) is 22.1 Å². The van der Waals surface area contributed by atoms with Crippen LogP contribution in [-0.2, 0) is 11.3 Å². The van der Waals surface area contributed by atoms with Gasteiger partial charge in [0.2, 0.25) is 4.38 Å². The van der Waals surface area contributed by atoms with E-state index >= 15 is 0 Å². The molecule has 58 valence electrons. The van der Waals surface area contributed by atoms with Crippen molar-refractivity contribution in [2.45, 2.75) is 6.61 Å². The number of aromatic nitrogens is 1. The van der Waals surface area contributed by atoms with Gasteiger partial charge in [-0.15, -0.1) is 0 Å². The fourth-order valence-electron chi connectivity index (χ4n) is 0.629. The van der Waals surface area contributed by atoms with Crippen LogP contribution in [0.2, 0.25) is 0 Å². The molecule has 0 radical (unpaired) electrons. The fourth-order valence-corrected chi connectivity index (χ4v) is 0.752. The molecule has 0 spiro atoms. The maximum absolute atomic E-state index is 4.98. The van der Waals surface area contributed by atoms with E-state index in [9.17, 15) is 0 Å².